The van der Waals surface area contributed by atoms with Crippen molar-refractivity contribution in [3.8, 4) is 6.07 Å². The number of rotatable bonds is 6. The molecule has 0 spiro atoms. The van der Waals surface area contributed by atoms with Crippen LogP contribution in [0.3, 0.4) is 0 Å². The molecule has 0 aliphatic heterocycles. The van der Waals surface area contributed by atoms with E-state index in [1.807, 2.05) is 6.07 Å². The number of nitrogens with zero attached hydrogens (tertiary/aromatic N) is 2. The second-order valence-corrected chi connectivity index (χ2v) is 3.76. The van der Waals surface area contributed by atoms with E-state index >= 15 is 0 Å². The van der Waals surface area contributed by atoms with Crippen LogP contribution in [0.15, 0.2) is 18.2 Å². The van der Waals surface area contributed by atoms with Crippen LogP contribution in [0.25, 0.3) is 0 Å². The summed E-state index contributed by atoms with van der Waals surface area (Å²) in [5, 5.41) is 11.7. The molecule has 0 bridgehead atoms. The molecule has 0 aromatic heterocycles. The first-order valence-corrected chi connectivity index (χ1v) is 5.87. The molecule has 4 heteroatoms. The van der Waals surface area contributed by atoms with Gasteiger partial charge in [0.05, 0.1) is 17.3 Å². The molecule has 0 saturated heterocycles. The lowest BCUT2D eigenvalue weighted by molar-refractivity contribution is 0.316. The van der Waals surface area contributed by atoms with Crippen LogP contribution in [0.5, 0.6) is 0 Å². The van der Waals surface area contributed by atoms with Gasteiger partial charge in [0.1, 0.15) is 5.82 Å². The molecule has 0 saturated carbocycles. The topological polar surface area (TPSA) is 39.1 Å². The normalized spacial score (nSPS) is 10.3. The van der Waals surface area contributed by atoms with Crippen molar-refractivity contribution >= 4 is 5.69 Å². The van der Waals surface area contributed by atoms with Crippen LogP contribution in [0.4, 0.5) is 10.1 Å². The summed E-state index contributed by atoms with van der Waals surface area (Å²) in [5.41, 5.74) is 0.799. The SMILES string of the molecule is CCN(CC)CCNc1ccc(C#N)cc1F. The van der Waals surface area contributed by atoms with Crippen molar-refractivity contribution in [1.82, 2.24) is 4.90 Å². The van der Waals surface area contributed by atoms with E-state index < -0.39 is 0 Å². The second-order valence-electron chi connectivity index (χ2n) is 3.76. The van der Waals surface area contributed by atoms with Gasteiger partial charge in [-0.05, 0) is 31.3 Å². The van der Waals surface area contributed by atoms with Crippen LogP contribution in [0.2, 0.25) is 0 Å². The predicted octanol–water partition coefficient (Wildman–Crippen LogP) is 2.45. The van der Waals surface area contributed by atoms with E-state index in [1.54, 1.807) is 12.1 Å². The Balaban J connectivity index is 2.50. The number of anilines is 1. The number of likely N-dealkylation sites (N-methyl/N-ethyl adjacent to an activating group) is 1. The lowest BCUT2D eigenvalue weighted by Gasteiger charge is -2.18. The van der Waals surface area contributed by atoms with Gasteiger partial charge in [0.2, 0.25) is 0 Å². The minimum absolute atomic E-state index is 0.344. The second kappa shape index (κ2) is 6.87. The zero-order valence-corrected chi connectivity index (χ0v) is 10.3. The molecule has 17 heavy (non-hydrogen) atoms. The van der Waals surface area contributed by atoms with Gasteiger partial charge in [-0.25, -0.2) is 4.39 Å². The Morgan fingerprint density at radius 2 is 2.06 bits per heavy atom. The first-order chi connectivity index (χ1) is 8.21. The molecule has 1 aromatic carbocycles. The van der Waals surface area contributed by atoms with Crippen molar-refractivity contribution in [3.63, 3.8) is 0 Å². The van der Waals surface area contributed by atoms with Gasteiger partial charge in [0.15, 0.2) is 0 Å². The summed E-state index contributed by atoms with van der Waals surface area (Å²) in [7, 11) is 0. The molecule has 1 aromatic rings. The van der Waals surface area contributed by atoms with Crippen molar-refractivity contribution in [2.45, 2.75) is 13.8 Å². The van der Waals surface area contributed by atoms with Crippen molar-refractivity contribution < 1.29 is 4.39 Å². The molecule has 0 amide bonds. The zero-order chi connectivity index (χ0) is 12.7. The summed E-state index contributed by atoms with van der Waals surface area (Å²) >= 11 is 0. The van der Waals surface area contributed by atoms with Crippen LogP contribution >= 0.6 is 0 Å². The third-order valence-corrected chi connectivity index (χ3v) is 2.74. The van der Waals surface area contributed by atoms with Gasteiger partial charge in [-0.1, -0.05) is 13.8 Å². The minimum atomic E-state index is -0.372. The molecule has 0 heterocycles. The van der Waals surface area contributed by atoms with E-state index in [2.05, 4.69) is 24.1 Å². The maximum absolute atomic E-state index is 13.5. The van der Waals surface area contributed by atoms with Crippen LogP contribution in [-0.2, 0) is 0 Å². The summed E-state index contributed by atoms with van der Waals surface area (Å²) in [6, 6.07) is 6.38. The molecule has 0 radical (unpaired) electrons. The summed E-state index contributed by atoms with van der Waals surface area (Å²) in [4.78, 5) is 2.26. The number of halogens is 1. The van der Waals surface area contributed by atoms with Crippen LogP contribution in [-0.4, -0.2) is 31.1 Å². The first-order valence-electron chi connectivity index (χ1n) is 5.87. The lowest BCUT2D eigenvalue weighted by atomic mass is 10.2. The standard InChI is InChI=1S/C13H18FN3/c1-3-17(4-2)8-7-16-13-6-5-11(10-15)9-12(13)14/h5-6,9,16H,3-4,7-8H2,1-2H3. The molecule has 1 N–H and O–H groups in total. The summed E-state index contributed by atoms with van der Waals surface area (Å²) in [6.07, 6.45) is 0. The molecular formula is C13H18FN3. The molecule has 0 aliphatic rings. The van der Waals surface area contributed by atoms with Gasteiger partial charge < -0.3 is 10.2 Å². The highest BCUT2D eigenvalue weighted by Crippen LogP contribution is 2.14. The molecule has 1 rings (SSSR count). The third-order valence-electron chi connectivity index (χ3n) is 2.74. The molecular weight excluding hydrogens is 217 g/mol. The summed E-state index contributed by atoms with van der Waals surface area (Å²) in [6.45, 7) is 7.77. The Morgan fingerprint density at radius 1 is 1.35 bits per heavy atom. The Labute approximate surface area is 102 Å². The van der Waals surface area contributed by atoms with Crippen LogP contribution in [0, 0.1) is 17.1 Å². The lowest BCUT2D eigenvalue weighted by Crippen LogP contribution is -2.28. The quantitative estimate of drug-likeness (QED) is 0.823. The first kappa shape index (κ1) is 13.5. The van der Waals surface area contributed by atoms with E-state index in [4.69, 9.17) is 5.26 Å². The van der Waals surface area contributed by atoms with Gasteiger partial charge in [-0.2, -0.15) is 5.26 Å². The highest BCUT2D eigenvalue weighted by molar-refractivity contribution is 5.48. The zero-order valence-electron chi connectivity index (χ0n) is 10.3. The van der Waals surface area contributed by atoms with Crippen LogP contribution in [0.1, 0.15) is 19.4 Å². The number of nitriles is 1. The van der Waals surface area contributed by atoms with Gasteiger partial charge in [0.25, 0.3) is 0 Å². The smallest absolute Gasteiger partial charge is 0.147 e. The van der Waals surface area contributed by atoms with E-state index in [0.29, 0.717) is 17.8 Å². The highest BCUT2D eigenvalue weighted by atomic mass is 19.1. The fraction of sp³-hybridized carbons (Fsp3) is 0.462. The van der Waals surface area contributed by atoms with Crippen LogP contribution < -0.4 is 5.32 Å². The molecule has 0 aliphatic carbocycles. The maximum atomic E-state index is 13.5. The summed E-state index contributed by atoms with van der Waals surface area (Å²) < 4.78 is 13.5. The highest BCUT2D eigenvalue weighted by Gasteiger charge is 2.03. The fourth-order valence-electron chi connectivity index (χ4n) is 1.62. The van der Waals surface area contributed by atoms with E-state index in [0.717, 1.165) is 19.6 Å². The average molecular weight is 235 g/mol. The Morgan fingerprint density at radius 3 is 2.59 bits per heavy atom. The molecule has 0 atom stereocenters. The minimum Gasteiger partial charge on any atom is -0.381 e. The Hall–Kier alpha value is -1.60. The van der Waals surface area contributed by atoms with Crippen molar-refractivity contribution in [1.29, 1.82) is 5.26 Å². The van der Waals surface area contributed by atoms with Crippen molar-refractivity contribution in [3.05, 3.63) is 29.6 Å². The number of nitrogens with one attached hydrogen (secondary N) is 1. The summed E-state index contributed by atoms with van der Waals surface area (Å²) in [5.74, 6) is -0.372. The van der Waals surface area contributed by atoms with Gasteiger partial charge >= 0.3 is 0 Å². The largest absolute Gasteiger partial charge is 0.381 e. The number of hydrogen-bond acceptors (Lipinski definition) is 3. The third kappa shape index (κ3) is 4.04. The van der Waals surface area contributed by atoms with Gasteiger partial charge in [-0.15, -0.1) is 0 Å². The number of benzene rings is 1. The molecule has 92 valence electrons. The van der Waals surface area contributed by atoms with Crippen molar-refractivity contribution in [2.75, 3.05) is 31.5 Å². The van der Waals surface area contributed by atoms with Gasteiger partial charge in [0, 0.05) is 13.1 Å². The maximum Gasteiger partial charge on any atom is 0.147 e. The monoisotopic (exact) mass is 235 g/mol. The molecule has 3 nitrogen and oxygen atoms in total. The predicted molar refractivity (Wildman–Crippen MR) is 67.4 cm³/mol. The van der Waals surface area contributed by atoms with Crippen molar-refractivity contribution in [2.24, 2.45) is 0 Å². The Kier molecular flexibility index (Phi) is 5.44. The average Bonchev–Trinajstić information content (AvgIpc) is 2.36. The Bertz CT molecular complexity index is 394. The molecule has 0 fully saturated rings. The van der Waals surface area contributed by atoms with E-state index in [1.165, 1.54) is 6.07 Å². The van der Waals surface area contributed by atoms with Gasteiger partial charge in [-0.3, -0.25) is 0 Å². The number of hydrogen-bond donors (Lipinski definition) is 1. The van der Waals surface area contributed by atoms with E-state index in [-0.39, 0.29) is 5.82 Å². The molecule has 0 unspecified atom stereocenters. The fourth-order valence-corrected chi connectivity index (χ4v) is 1.62. The van der Waals surface area contributed by atoms with E-state index in [9.17, 15) is 4.39 Å².